The molecule has 0 aliphatic heterocycles. The van der Waals surface area contributed by atoms with Gasteiger partial charge in [0, 0.05) is 24.8 Å². The molecule has 0 aliphatic rings. The van der Waals surface area contributed by atoms with Crippen LogP contribution in [0.4, 0.5) is 0 Å². The highest BCUT2D eigenvalue weighted by Crippen LogP contribution is 2.17. The Bertz CT molecular complexity index is 344. The van der Waals surface area contributed by atoms with Crippen molar-refractivity contribution in [3.63, 3.8) is 0 Å². The quantitative estimate of drug-likeness (QED) is 0.670. The molecule has 0 radical (unpaired) electrons. The smallest absolute Gasteiger partial charge is 0.0700 e. The third-order valence-corrected chi connectivity index (χ3v) is 3.50. The van der Waals surface area contributed by atoms with Crippen molar-refractivity contribution in [1.82, 2.24) is 0 Å². The summed E-state index contributed by atoms with van der Waals surface area (Å²) in [4.78, 5) is 0. The van der Waals surface area contributed by atoms with Crippen LogP contribution in [-0.4, -0.2) is 38.6 Å². The lowest BCUT2D eigenvalue weighted by molar-refractivity contribution is 0.0657. The normalized spacial score (nSPS) is 12.6. The molecule has 1 aromatic carbocycles. The van der Waals surface area contributed by atoms with Gasteiger partial charge in [0.05, 0.1) is 13.2 Å². The highest BCUT2D eigenvalue weighted by Gasteiger charge is 2.08. The van der Waals surface area contributed by atoms with Crippen molar-refractivity contribution in [2.45, 2.75) is 19.3 Å². The van der Waals surface area contributed by atoms with Crippen molar-refractivity contribution >= 4 is 15.9 Å². The molecule has 1 unspecified atom stereocenters. The summed E-state index contributed by atoms with van der Waals surface area (Å²) in [6, 6.07) is 8.25. The van der Waals surface area contributed by atoms with Gasteiger partial charge in [0.1, 0.15) is 0 Å². The van der Waals surface area contributed by atoms with Crippen molar-refractivity contribution in [2.75, 3.05) is 33.5 Å². The van der Waals surface area contributed by atoms with Gasteiger partial charge in [0.15, 0.2) is 0 Å². The lowest BCUT2D eigenvalue weighted by atomic mass is 9.96. The molecular formula is C15H23BrO3. The molecule has 1 rings (SSSR count). The van der Waals surface area contributed by atoms with Gasteiger partial charge in [-0.2, -0.15) is 0 Å². The predicted octanol–water partition coefficient (Wildman–Crippen LogP) is 3.04. The number of aliphatic hydroxyl groups excluding tert-OH is 1. The van der Waals surface area contributed by atoms with Crippen molar-refractivity contribution in [3.05, 3.63) is 34.3 Å². The van der Waals surface area contributed by atoms with Gasteiger partial charge in [-0.3, -0.25) is 0 Å². The molecule has 19 heavy (non-hydrogen) atoms. The van der Waals surface area contributed by atoms with E-state index in [4.69, 9.17) is 9.47 Å². The minimum Gasteiger partial charge on any atom is -0.396 e. The summed E-state index contributed by atoms with van der Waals surface area (Å²) >= 11 is 3.47. The van der Waals surface area contributed by atoms with Gasteiger partial charge in [0.25, 0.3) is 0 Å². The molecule has 0 saturated carbocycles. The number of ether oxygens (including phenoxy) is 2. The number of halogens is 1. The van der Waals surface area contributed by atoms with Crippen LogP contribution >= 0.6 is 15.9 Å². The maximum Gasteiger partial charge on any atom is 0.0700 e. The molecule has 1 aromatic rings. The van der Waals surface area contributed by atoms with E-state index in [0.29, 0.717) is 19.1 Å². The second-order valence-corrected chi connectivity index (χ2v) is 5.55. The van der Waals surface area contributed by atoms with E-state index in [2.05, 4.69) is 28.1 Å². The summed E-state index contributed by atoms with van der Waals surface area (Å²) in [5, 5.41) is 9.42. The van der Waals surface area contributed by atoms with Gasteiger partial charge in [-0.1, -0.05) is 28.1 Å². The summed E-state index contributed by atoms with van der Waals surface area (Å²) in [5.74, 6) is 0.306. The van der Waals surface area contributed by atoms with E-state index in [1.54, 1.807) is 7.11 Å². The molecule has 1 atom stereocenters. The molecule has 0 saturated heterocycles. The van der Waals surface area contributed by atoms with Crippen molar-refractivity contribution in [1.29, 1.82) is 0 Å². The van der Waals surface area contributed by atoms with E-state index in [1.165, 1.54) is 5.56 Å². The Balaban J connectivity index is 2.22. The topological polar surface area (TPSA) is 38.7 Å². The monoisotopic (exact) mass is 330 g/mol. The number of hydrogen-bond donors (Lipinski definition) is 1. The third kappa shape index (κ3) is 7.67. The number of benzene rings is 1. The zero-order valence-electron chi connectivity index (χ0n) is 11.5. The Labute approximate surface area is 124 Å². The van der Waals surface area contributed by atoms with E-state index >= 15 is 0 Å². The first-order valence-electron chi connectivity index (χ1n) is 6.68. The van der Waals surface area contributed by atoms with Crippen molar-refractivity contribution in [3.8, 4) is 0 Å². The first-order valence-corrected chi connectivity index (χ1v) is 7.47. The third-order valence-electron chi connectivity index (χ3n) is 3.00. The van der Waals surface area contributed by atoms with Crippen molar-refractivity contribution < 1.29 is 14.6 Å². The van der Waals surface area contributed by atoms with Crippen LogP contribution in [0.25, 0.3) is 0 Å². The molecule has 0 spiro atoms. The molecule has 0 aliphatic carbocycles. The first-order chi connectivity index (χ1) is 9.26. The molecule has 0 amide bonds. The molecule has 0 bridgehead atoms. The van der Waals surface area contributed by atoms with Crippen LogP contribution in [0.2, 0.25) is 0 Å². The number of aliphatic hydroxyl groups is 1. The standard InChI is InChI=1S/C15H23BrO3/c1-18-8-9-19-7-3-5-14(12-17)10-13-4-2-6-15(16)11-13/h2,4,6,11,14,17H,3,5,7-10,12H2,1H3. The maximum absolute atomic E-state index is 9.42. The van der Waals surface area contributed by atoms with Gasteiger partial charge in [-0.15, -0.1) is 0 Å². The van der Waals surface area contributed by atoms with E-state index in [0.717, 1.165) is 30.3 Å². The average molecular weight is 331 g/mol. The van der Waals surface area contributed by atoms with E-state index in [9.17, 15) is 5.11 Å². The lowest BCUT2D eigenvalue weighted by Gasteiger charge is -2.14. The van der Waals surface area contributed by atoms with Crippen LogP contribution in [-0.2, 0) is 15.9 Å². The van der Waals surface area contributed by atoms with Gasteiger partial charge in [0.2, 0.25) is 0 Å². The minimum atomic E-state index is 0.227. The van der Waals surface area contributed by atoms with Crippen LogP contribution in [0.15, 0.2) is 28.7 Å². The highest BCUT2D eigenvalue weighted by atomic mass is 79.9. The molecule has 3 nitrogen and oxygen atoms in total. The molecule has 0 aromatic heterocycles. The van der Waals surface area contributed by atoms with Crippen molar-refractivity contribution in [2.24, 2.45) is 5.92 Å². The minimum absolute atomic E-state index is 0.227. The fraction of sp³-hybridized carbons (Fsp3) is 0.600. The molecular weight excluding hydrogens is 308 g/mol. The average Bonchev–Trinajstić information content (AvgIpc) is 2.41. The largest absolute Gasteiger partial charge is 0.396 e. The lowest BCUT2D eigenvalue weighted by Crippen LogP contribution is -2.11. The number of hydrogen-bond acceptors (Lipinski definition) is 3. The number of methoxy groups -OCH3 is 1. The van der Waals surface area contributed by atoms with Crippen LogP contribution in [0, 0.1) is 5.92 Å². The van der Waals surface area contributed by atoms with Crippen LogP contribution in [0.1, 0.15) is 18.4 Å². The zero-order chi connectivity index (χ0) is 13.9. The summed E-state index contributed by atoms with van der Waals surface area (Å²) in [6.45, 7) is 2.25. The second-order valence-electron chi connectivity index (χ2n) is 4.63. The van der Waals surface area contributed by atoms with Gasteiger partial charge in [-0.05, 0) is 42.9 Å². The molecule has 108 valence electrons. The van der Waals surface area contributed by atoms with Gasteiger partial charge >= 0.3 is 0 Å². The van der Waals surface area contributed by atoms with E-state index < -0.39 is 0 Å². The Hall–Kier alpha value is -0.420. The zero-order valence-corrected chi connectivity index (χ0v) is 13.1. The Morgan fingerprint density at radius 3 is 2.79 bits per heavy atom. The van der Waals surface area contributed by atoms with Crippen LogP contribution in [0.5, 0.6) is 0 Å². The first kappa shape index (κ1) is 16.6. The molecule has 0 fully saturated rings. The summed E-state index contributed by atoms with van der Waals surface area (Å²) in [5.41, 5.74) is 1.26. The van der Waals surface area contributed by atoms with Gasteiger partial charge in [-0.25, -0.2) is 0 Å². The molecule has 1 N–H and O–H groups in total. The van der Waals surface area contributed by atoms with E-state index in [-0.39, 0.29) is 6.61 Å². The maximum atomic E-state index is 9.42. The SMILES string of the molecule is COCCOCCCC(CO)Cc1cccc(Br)c1. The molecule has 0 heterocycles. The Morgan fingerprint density at radius 2 is 2.11 bits per heavy atom. The highest BCUT2D eigenvalue weighted by molar-refractivity contribution is 9.10. The summed E-state index contributed by atoms with van der Waals surface area (Å²) < 4.78 is 11.4. The van der Waals surface area contributed by atoms with Crippen LogP contribution in [0.3, 0.4) is 0 Å². The van der Waals surface area contributed by atoms with Crippen LogP contribution < -0.4 is 0 Å². The summed E-state index contributed by atoms with van der Waals surface area (Å²) in [6.07, 6.45) is 2.87. The van der Waals surface area contributed by atoms with E-state index in [1.807, 2.05) is 12.1 Å². The number of rotatable bonds is 10. The fourth-order valence-electron chi connectivity index (χ4n) is 1.97. The second kappa shape index (κ2) is 10.4. The summed E-state index contributed by atoms with van der Waals surface area (Å²) in [7, 11) is 1.67. The fourth-order valence-corrected chi connectivity index (χ4v) is 2.42. The Morgan fingerprint density at radius 1 is 1.26 bits per heavy atom. The predicted molar refractivity (Wildman–Crippen MR) is 80.4 cm³/mol. The molecule has 4 heteroatoms. The van der Waals surface area contributed by atoms with Gasteiger partial charge < -0.3 is 14.6 Å². The Kier molecular flexibility index (Phi) is 9.08.